The van der Waals surface area contributed by atoms with Crippen molar-refractivity contribution in [3.63, 3.8) is 0 Å². The van der Waals surface area contributed by atoms with Crippen LogP contribution in [0.4, 0.5) is 11.5 Å². The predicted molar refractivity (Wildman–Crippen MR) is 122 cm³/mol. The molecule has 0 atom stereocenters. The summed E-state index contributed by atoms with van der Waals surface area (Å²) in [7, 11) is -3.80. The zero-order valence-corrected chi connectivity index (χ0v) is 19.1. The van der Waals surface area contributed by atoms with Gasteiger partial charge in [-0.2, -0.15) is 0 Å². The highest BCUT2D eigenvalue weighted by molar-refractivity contribution is 7.92. The Balaban J connectivity index is 1.44. The van der Waals surface area contributed by atoms with Gasteiger partial charge in [0.1, 0.15) is 11.5 Å². The lowest BCUT2D eigenvalue weighted by atomic mass is 10.0. The Morgan fingerprint density at radius 2 is 1.78 bits per heavy atom. The van der Waals surface area contributed by atoms with Gasteiger partial charge >= 0.3 is 0 Å². The molecule has 8 nitrogen and oxygen atoms in total. The van der Waals surface area contributed by atoms with Gasteiger partial charge in [-0.3, -0.25) is 9.52 Å². The molecular weight excluding hydrogens is 430 g/mol. The fourth-order valence-electron chi connectivity index (χ4n) is 2.92. The first kappa shape index (κ1) is 23.3. The topological polar surface area (TPSA) is 111 Å². The molecule has 2 N–H and O–H groups in total. The molecule has 0 unspecified atom stereocenters. The second kappa shape index (κ2) is 10.3. The normalized spacial score (nSPS) is 11.4. The number of carbonyl (C=O) groups is 1. The van der Waals surface area contributed by atoms with E-state index in [4.69, 9.17) is 9.26 Å². The van der Waals surface area contributed by atoms with Gasteiger partial charge in [-0.15, -0.1) is 0 Å². The van der Waals surface area contributed by atoms with Crippen molar-refractivity contribution in [2.24, 2.45) is 0 Å². The molecular formula is C23H27N3O5S. The van der Waals surface area contributed by atoms with E-state index in [1.54, 1.807) is 6.92 Å². The molecule has 2 aromatic carbocycles. The molecule has 3 aromatic rings. The van der Waals surface area contributed by atoms with Gasteiger partial charge in [-0.1, -0.05) is 31.1 Å². The third-order valence-corrected chi connectivity index (χ3v) is 6.05. The van der Waals surface area contributed by atoms with E-state index >= 15 is 0 Å². The number of hydrogen-bond acceptors (Lipinski definition) is 6. The molecule has 1 aromatic heterocycles. The van der Waals surface area contributed by atoms with E-state index in [1.807, 2.05) is 24.3 Å². The molecule has 0 radical (unpaired) electrons. The molecule has 32 heavy (non-hydrogen) atoms. The lowest BCUT2D eigenvalue weighted by molar-refractivity contribution is -0.116. The Hall–Kier alpha value is -3.33. The summed E-state index contributed by atoms with van der Waals surface area (Å²) in [5.41, 5.74) is 1.76. The number of amides is 1. The number of aromatic nitrogens is 1. The van der Waals surface area contributed by atoms with Crippen LogP contribution in [0.5, 0.6) is 5.75 Å². The second-order valence-electron chi connectivity index (χ2n) is 7.68. The highest BCUT2D eigenvalue weighted by Gasteiger charge is 2.16. The standard InChI is InChI=1S/C23H27N3O5S/c1-16(2)18-6-10-20(11-7-18)30-14-4-5-23(27)24-19-8-12-21(13-9-19)32(28,29)26-22-15-17(3)31-25-22/h6-13,15-16H,4-5,14H2,1-3H3,(H,24,27)(H,25,26). The Morgan fingerprint density at radius 3 is 2.38 bits per heavy atom. The average molecular weight is 458 g/mol. The largest absolute Gasteiger partial charge is 0.494 e. The van der Waals surface area contributed by atoms with Crippen LogP contribution in [0.25, 0.3) is 0 Å². The van der Waals surface area contributed by atoms with Gasteiger partial charge in [0.2, 0.25) is 5.91 Å². The molecule has 170 valence electrons. The van der Waals surface area contributed by atoms with Crippen LogP contribution < -0.4 is 14.8 Å². The van der Waals surface area contributed by atoms with E-state index in [0.717, 1.165) is 5.75 Å². The van der Waals surface area contributed by atoms with Crippen LogP contribution in [0.15, 0.2) is 64.0 Å². The molecule has 9 heteroatoms. The lowest BCUT2D eigenvalue weighted by Gasteiger charge is -2.10. The first-order chi connectivity index (χ1) is 15.2. The number of aryl methyl sites for hydroxylation is 1. The van der Waals surface area contributed by atoms with Gasteiger partial charge in [0.15, 0.2) is 5.82 Å². The van der Waals surface area contributed by atoms with Crippen LogP contribution in [0, 0.1) is 6.92 Å². The van der Waals surface area contributed by atoms with Crippen LogP contribution in [0.3, 0.4) is 0 Å². The third-order valence-electron chi connectivity index (χ3n) is 4.68. The molecule has 0 saturated carbocycles. The van der Waals surface area contributed by atoms with E-state index in [9.17, 15) is 13.2 Å². The SMILES string of the molecule is Cc1cc(NS(=O)(=O)c2ccc(NC(=O)CCCOc3ccc(C(C)C)cc3)cc2)no1. The highest BCUT2D eigenvalue weighted by atomic mass is 32.2. The molecule has 0 spiro atoms. The van der Waals surface area contributed by atoms with E-state index < -0.39 is 10.0 Å². The van der Waals surface area contributed by atoms with Gasteiger partial charge in [-0.25, -0.2) is 8.42 Å². The van der Waals surface area contributed by atoms with E-state index in [2.05, 4.69) is 29.0 Å². The highest BCUT2D eigenvalue weighted by Crippen LogP contribution is 2.20. The first-order valence-corrected chi connectivity index (χ1v) is 11.8. The molecule has 1 amide bonds. The zero-order chi connectivity index (χ0) is 23.1. The minimum atomic E-state index is -3.80. The number of ether oxygens (including phenoxy) is 1. The minimum absolute atomic E-state index is 0.0491. The van der Waals surface area contributed by atoms with Crippen molar-refractivity contribution in [1.82, 2.24) is 5.16 Å². The number of carbonyl (C=O) groups excluding carboxylic acids is 1. The monoisotopic (exact) mass is 457 g/mol. The van der Waals surface area contributed by atoms with Gasteiger partial charge in [0, 0.05) is 18.2 Å². The van der Waals surface area contributed by atoms with Gasteiger partial charge in [0.05, 0.1) is 11.5 Å². The maximum Gasteiger partial charge on any atom is 0.263 e. The molecule has 0 bridgehead atoms. The van der Waals surface area contributed by atoms with Crippen LogP contribution >= 0.6 is 0 Å². The third kappa shape index (κ3) is 6.58. The molecule has 1 heterocycles. The summed E-state index contributed by atoms with van der Waals surface area (Å²) in [6, 6.07) is 15.3. The fraction of sp³-hybridized carbons (Fsp3) is 0.304. The van der Waals surface area contributed by atoms with Crippen LogP contribution in [-0.2, 0) is 14.8 Å². The van der Waals surface area contributed by atoms with Crippen LogP contribution in [0.2, 0.25) is 0 Å². The van der Waals surface area contributed by atoms with Crippen molar-refractivity contribution in [2.75, 3.05) is 16.6 Å². The Bertz CT molecular complexity index is 1140. The number of nitrogens with one attached hydrogen (secondary N) is 2. The number of nitrogens with zero attached hydrogens (tertiary/aromatic N) is 1. The molecule has 3 rings (SSSR count). The molecule has 0 saturated heterocycles. The Kier molecular flexibility index (Phi) is 7.53. The molecule has 0 aliphatic carbocycles. The smallest absolute Gasteiger partial charge is 0.263 e. The van der Waals surface area contributed by atoms with Crippen molar-refractivity contribution in [1.29, 1.82) is 0 Å². The van der Waals surface area contributed by atoms with Gasteiger partial charge < -0.3 is 14.6 Å². The van der Waals surface area contributed by atoms with Crippen molar-refractivity contribution < 1.29 is 22.5 Å². The van der Waals surface area contributed by atoms with Crippen molar-refractivity contribution in [3.05, 3.63) is 65.9 Å². The molecule has 0 fully saturated rings. The minimum Gasteiger partial charge on any atom is -0.494 e. The van der Waals surface area contributed by atoms with Gasteiger partial charge in [-0.05, 0) is 61.2 Å². The van der Waals surface area contributed by atoms with Crippen LogP contribution in [-0.4, -0.2) is 26.1 Å². The van der Waals surface area contributed by atoms with Crippen molar-refractivity contribution in [2.45, 2.75) is 44.4 Å². The lowest BCUT2D eigenvalue weighted by Crippen LogP contribution is -2.14. The summed E-state index contributed by atoms with van der Waals surface area (Å²) in [5.74, 6) is 1.68. The van der Waals surface area contributed by atoms with Crippen LogP contribution in [0.1, 0.15) is 43.9 Å². The zero-order valence-electron chi connectivity index (χ0n) is 18.3. The fourth-order valence-corrected chi connectivity index (χ4v) is 3.91. The number of hydrogen-bond donors (Lipinski definition) is 2. The number of benzene rings is 2. The summed E-state index contributed by atoms with van der Waals surface area (Å²) in [4.78, 5) is 12.2. The predicted octanol–water partition coefficient (Wildman–Crippen LogP) is 4.70. The van der Waals surface area contributed by atoms with Crippen molar-refractivity contribution >= 4 is 27.4 Å². The number of sulfonamides is 1. The summed E-state index contributed by atoms with van der Waals surface area (Å²) in [6.07, 6.45) is 0.850. The van der Waals surface area contributed by atoms with Gasteiger partial charge in [0.25, 0.3) is 10.0 Å². The van der Waals surface area contributed by atoms with E-state index in [0.29, 0.717) is 30.4 Å². The van der Waals surface area contributed by atoms with E-state index in [1.165, 1.54) is 35.9 Å². The molecule has 0 aliphatic rings. The summed E-state index contributed by atoms with van der Waals surface area (Å²) in [6.45, 7) is 6.37. The Morgan fingerprint density at radius 1 is 1.09 bits per heavy atom. The summed E-state index contributed by atoms with van der Waals surface area (Å²) < 4.78 is 37.7. The number of anilines is 2. The first-order valence-electron chi connectivity index (χ1n) is 10.3. The van der Waals surface area contributed by atoms with E-state index in [-0.39, 0.29) is 23.0 Å². The summed E-state index contributed by atoms with van der Waals surface area (Å²) in [5, 5.41) is 6.37. The van der Waals surface area contributed by atoms with Crippen molar-refractivity contribution in [3.8, 4) is 5.75 Å². The molecule has 0 aliphatic heterocycles. The maximum absolute atomic E-state index is 12.4. The second-order valence-corrected chi connectivity index (χ2v) is 9.36. The quantitative estimate of drug-likeness (QED) is 0.427. The number of rotatable bonds is 10. The summed E-state index contributed by atoms with van der Waals surface area (Å²) >= 11 is 0. The Labute approximate surface area is 188 Å². The average Bonchev–Trinajstić information content (AvgIpc) is 3.15. The maximum atomic E-state index is 12.4.